The van der Waals surface area contributed by atoms with E-state index in [9.17, 15) is 9.18 Å². The predicted molar refractivity (Wildman–Crippen MR) is 93.7 cm³/mol. The fraction of sp³-hybridized carbons (Fsp3) is 0.368. The maximum absolute atomic E-state index is 12.9. The summed E-state index contributed by atoms with van der Waals surface area (Å²) in [6, 6.07) is 9.80. The SMILES string of the molecule is O=C(Nc1ccc(F)cc1)c1cc(NC2CCCCCC2)ccn1. The van der Waals surface area contributed by atoms with Crippen LogP contribution in [0.1, 0.15) is 49.0 Å². The van der Waals surface area contributed by atoms with Crippen molar-refractivity contribution >= 4 is 17.3 Å². The number of halogens is 1. The van der Waals surface area contributed by atoms with Crippen LogP contribution in [-0.4, -0.2) is 16.9 Å². The van der Waals surface area contributed by atoms with Crippen molar-refractivity contribution in [2.75, 3.05) is 10.6 Å². The third kappa shape index (κ3) is 4.54. The molecular weight excluding hydrogens is 305 g/mol. The smallest absolute Gasteiger partial charge is 0.274 e. The van der Waals surface area contributed by atoms with E-state index < -0.39 is 0 Å². The highest BCUT2D eigenvalue weighted by Gasteiger charge is 2.13. The van der Waals surface area contributed by atoms with Gasteiger partial charge in [-0.1, -0.05) is 25.7 Å². The summed E-state index contributed by atoms with van der Waals surface area (Å²) in [6.45, 7) is 0. The van der Waals surface area contributed by atoms with Gasteiger partial charge in [0.1, 0.15) is 11.5 Å². The Morgan fingerprint density at radius 1 is 1.00 bits per heavy atom. The summed E-state index contributed by atoms with van der Waals surface area (Å²) in [4.78, 5) is 16.4. The molecule has 126 valence electrons. The van der Waals surface area contributed by atoms with Crippen LogP contribution in [0.2, 0.25) is 0 Å². The van der Waals surface area contributed by atoms with E-state index in [0.29, 0.717) is 17.4 Å². The molecule has 1 aromatic carbocycles. The zero-order valence-corrected chi connectivity index (χ0v) is 13.6. The Bertz CT molecular complexity index is 679. The molecule has 1 fully saturated rings. The number of amides is 1. The summed E-state index contributed by atoms with van der Waals surface area (Å²) in [5, 5.41) is 6.25. The van der Waals surface area contributed by atoms with Gasteiger partial charge in [-0.15, -0.1) is 0 Å². The number of hydrogen-bond acceptors (Lipinski definition) is 3. The molecular formula is C19H22FN3O. The fourth-order valence-corrected chi connectivity index (χ4v) is 3.03. The van der Waals surface area contributed by atoms with E-state index in [1.54, 1.807) is 12.3 Å². The van der Waals surface area contributed by atoms with E-state index in [2.05, 4.69) is 15.6 Å². The third-order valence-electron chi connectivity index (χ3n) is 4.32. The van der Waals surface area contributed by atoms with Gasteiger partial charge in [0.2, 0.25) is 0 Å². The minimum absolute atomic E-state index is 0.300. The number of aromatic nitrogens is 1. The van der Waals surface area contributed by atoms with E-state index in [1.807, 2.05) is 6.07 Å². The van der Waals surface area contributed by atoms with Crippen molar-refractivity contribution < 1.29 is 9.18 Å². The Morgan fingerprint density at radius 3 is 2.42 bits per heavy atom. The number of carbonyl (C=O) groups is 1. The molecule has 0 radical (unpaired) electrons. The number of nitrogens with zero attached hydrogens (tertiary/aromatic N) is 1. The summed E-state index contributed by atoms with van der Waals surface area (Å²) < 4.78 is 12.9. The van der Waals surface area contributed by atoms with Gasteiger partial charge in [-0.3, -0.25) is 9.78 Å². The number of nitrogens with one attached hydrogen (secondary N) is 2. The highest BCUT2D eigenvalue weighted by molar-refractivity contribution is 6.03. The summed E-state index contributed by atoms with van der Waals surface area (Å²) in [7, 11) is 0. The van der Waals surface area contributed by atoms with E-state index in [1.165, 1.54) is 62.8 Å². The van der Waals surface area contributed by atoms with Crippen LogP contribution in [-0.2, 0) is 0 Å². The molecule has 1 aliphatic carbocycles. The molecule has 1 aromatic heterocycles. The molecule has 0 unspecified atom stereocenters. The Labute approximate surface area is 141 Å². The quantitative estimate of drug-likeness (QED) is 0.806. The van der Waals surface area contributed by atoms with Crippen molar-refractivity contribution in [1.29, 1.82) is 0 Å². The first kappa shape index (κ1) is 16.4. The number of hydrogen-bond donors (Lipinski definition) is 2. The molecule has 1 amide bonds. The van der Waals surface area contributed by atoms with E-state index in [0.717, 1.165) is 5.69 Å². The molecule has 1 aliphatic rings. The summed E-state index contributed by atoms with van der Waals surface area (Å²) in [5.74, 6) is -0.633. The standard InChI is InChI=1S/C19H22FN3O/c20-14-7-9-16(10-8-14)23-19(24)18-13-17(11-12-21-18)22-15-5-3-1-2-4-6-15/h7-13,15H,1-6H2,(H,21,22)(H,23,24). The molecule has 0 aliphatic heterocycles. The minimum Gasteiger partial charge on any atom is -0.382 e. The Morgan fingerprint density at radius 2 is 1.71 bits per heavy atom. The first-order chi connectivity index (χ1) is 11.7. The van der Waals surface area contributed by atoms with Crippen LogP contribution in [0.5, 0.6) is 0 Å². The number of anilines is 2. The lowest BCUT2D eigenvalue weighted by Gasteiger charge is -2.17. The molecule has 0 spiro atoms. The van der Waals surface area contributed by atoms with Crippen LogP contribution in [0.3, 0.4) is 0 Å². The van der Waals surface area contributed by atoms with Gasteiger partial charge in [0.15, 0.2) is 0 Å². The lowest BCUT2D eigenvalue weighted by atomic mass is 10.1. The van der Waals surface area contributed by atoms with Gasteiger partial charge in [-0.05, 0) is 49.2 Å². The molecule has 1 heterocycles. The van der Waals surface area contributed by atoms with Gasteiger partial charge < -0.3 is 10.6 Å². The molecule has 0 atom stereocenters. The summed E-state index contributed by atoms with van der Waals surface area (Å²) >= 11 is 0. The second-order valence-electron chi connectivity index (χ2n) is 6.22. The first-order valence-corrected chi connectivity index (χ1v) is 8.50. The Balaban J connectivity index is 1.65. The highest BCUT2D eigenvalue weighted by atomic mass is 19.1. The number of pyridine rings is 1. The zero-order valence-electron chi connectivity index (χ0n) is 13.6. The van der Waals surface area contributed by atoms with Crippen molar-refractivity contribution in [3.8, 4) is 0 Å². The van der Waals surface area contributed by atoms with Crippen LogP contribution in [0.25, 0.3) is 0 Å². The molecule has 2 aromatic rings. The number of rotatable bonds is 4. The molecule has 1 saturated carbocycles. The van der Waals surface area contributed by atoms with Crippen molar-refractivity contribution in [2.45, 2.75) is 44.6 Å². The van der Waals surface area contributed by atoms with Gasteiger partial charge in [-0.25, -0.2) is 4.39 Å². The minimum atomic E-state index is -0.333. The highest BCUT2D eigenvalue weighted by Crippen LogP contribution is 2.21. The van der Waals surface area contributed by atoms with Gasteiger partial charge in [-0.2, -0.15) is 0 Å². The maximum atomic E-state index is 12.9. The molecule has 4 nitrogen and oxygen atoms in total. The topological polar surface area (TPSA) is 54.0 Å². The molecule has 0 saturated heterocycles. The average molecular weight is 327 g/mol. The van der Waals surface area contributed by atoms with E-state index in [-0.39, 0.29) is 11.7 Å². The van der Waals surface area contributed by atoms with Crippen LogP contribution < -0.4 is 10.6 Å². The lowest BCUT2D eigenvalue weighted by molar-refractivity contribution is 0.102. The summed E-state index contributed by atoms with van der Waals surface area (Å²) in [6.07, 6.45) is 9.08. The predicted octanol–water partition coefficient (Wildman–Crippen LogP) is 4.61. The van der Waals surface area contributed by atoms with Gasteiger partial charge in [0, 0.05) is 23.6 Å². The second-order valence-corrected chi connectivity index (χ2v) is 6.22. The second kappa shape index (κ2) is 7.90. The van der Waals surface area contributed by atoms with Gasteiger partial charge in [0.25, 0.3) is 5.91 Å². The monoisotopic (exact) mass is 327 g/mol. The van der Waals surface area contributed by atoms with Crippen LogP contribution in [0.15, 0.2) is 42.6 Å². The molecule has 5 heteroatoms. The van der Waals surface area contributed by atoms with Crippen molar-refractivity contribution in [2.24, 2.45) is 0 Å². The first-order valence-electron chi connectivity index (χ1n) is 8.50. The van der Waals surface area contributed by atoms with E-state index in [4.69, 9.17) is 0 Å². The summed E-state index contributed by atoms with van der Waals surface area (Å²) in [5.41, 5.74) is 1.81. The Hall–Kier alpha value is -2.43. The van der Waals surface area contributed by atoms with Crippen molar-refractivity contribution in [3.05, 3.63) is 54.1 Å². The lowest BCUT2D eigenvalue weighted by Crippen LogP contribution is -2.19. The number of benzene rings is 1. The molecule has 24 heavy (non-hydrogen) atoms. The Kier molecular flexibility index (Phi) is 5.41. The van der Waals surface area contributed by atoms with Crippen LogP contribution in [0.4, 0.5) is 15.8 Å². The van der Waals surface area contributed by atoms with Crippen molar-refractivity contribution in [1.82, 2.24) is 4.98 Å². The molecule has 2 N–H and O–H groups in total. The average Bonchev–Trinajstić information content (AvgIpc) is 2.86. The van der Waals surface area contributed by atoms with Crippen LogP contribution in [0, 0.1) is 5.82 Å². The van der Waals surface area contributed by atoms with Gasteiger partial charge in [0.05, 0.1) is 0 Å². The van der Waals surface area contributed by atoms with Gasteiger partial charge >= 0.3 is 0 Å². The third-order valence-corrected chi connectivity index (χ3v) is 4.32. The number of carbonyl (C=O) groups excluding carboxylic acids is 1. The fourth-order valence-electron chi connectivity index (χ4n) is 3.03. The van der Waals surface area contributed by atoms with Crippen LogP contribution >= 0.6 is 0 Å². The van der Waals surface area contributed by atoms with Crippen molar-refractivity contribution in [3.63, 3.8) is 0 Å². The maximum Gasteiger partial charge on any atom is 0.274 e. The zero-order chi connectivity index (χ0) is 16.8. The van der Waals surface area contributed by atoms with E-state index >= 15 is 0 Å². The normalized spacial score (nSPS) is 15.5. The largest absolute Gasteiger partial charge is 0.382 e. The molecule has 3 rings (SSSR count). The molecule has 0 bridgehead atoms.